The maximum absolute atomic E-state index is 13.4. The van der Waals surface area contributed by atoms with E-state index in [9.17, 15) is 27.2 Å². The normalized spacial score (nSPS) is 22.9. The van der Waals surface area contributed by atoms with Crippen LogP contribution in [0.5, 0.6) is 0 Å². The van der Waals surface area contributed by atoms with Crippen molar-refractivity contribution in [1.82, 2.24) is 15.1 Å². The van der Waals surface area contributed by atoms with Crippen LogP contribution in [0, 0.1) is 11.8 Å². The highest BCUT2D eigenvalue weighted by molar-refractivity contribution is 7.17. The summed E-state index contributed by atoms with van der Waals surface area (Å²) in [7, 11) is 1.35. The van der Waals surface area contributed by atoms with Crippen molar-refractivity contribution >= 4 is 40.0 Å². The van der Waals surface area contributed by atoms with E-state index in [1.54, 1.807) is 0 Å². The molecular weight excluding hydrogens is 500 g/mol. The summed E-state index contributed by atoms with van der Waals surface area (Å²) in [5.41, 5.74) is 0.115. The summed E-state index contributed by atoms with van der Waals surface area (Å²) in [5, 5.41) is 9.52. The minimum absolute atomic E-state index is 0.0329. The molecule has 2 heterocycles. The summed E-state index contributed by atoms with van der Waals surface area (Å²) in [6.07, 6.45) is -1.76. The van der Waals surface area contributed by atoms with E-state index in [0.29, 0.717) is 42.3 Å². The number of aliphatic imine (C=N–C) groups is 2. The molecule has 2 amide bonds. The Kier molecular flexibility index (Phi) is 6.46. The first-order valence-corrected chi connectivity index (χ1v) is 12.6. The standard InChI is InChI=1S/C23H24F4N6O2S/c1-33-18(8-17(32-33)23(25,26)27)30-10-29-12-4-5-16-14(6-12)19(21(35)28-9-11-2-3-11)22(36-16)31-20(34)13-7-15(13)24/h8,11-13,15H,2-7,9H2,1H3,(H,28,35)(H,31,34)/t12-,13+,15-/m0/s1. The van der Waals surface area contributed by atoms with Gasteiger partial charge >= 0.3 is 6.18 Å². The number of hydrogen-bond acceptors (Lipinski definition) is 6. The van der Waals surface area contributed by atoms with Crippen molar-refractivity contribution in [2.75, 3.05) is 11.9 Å². The highest BCUT2D eigenvalue weighted by Gasteiger charge is 2.44. The van der Waals surface area contributed by atoms with E-state index in [-0.39, 0.29) is 24.2 Å². The lowest BCUT2D eigenvalue weighted by Gasteiger charge is -2.18. The van der Waals surface area contributed by atoms with E-state index in [2.05, 4.69) is 31.7 Å². The number of alkyl halides is 4. The van der Waals surface area contributed by atoms with Crippen molar-refractivity contribution in [3.8, 4) is 0 Å². The topological polar surface area (TPSA) is 101 Å². The zero-order chi connectivity index (χ0) is 25.6. The number of carbonyl (C=O) groups excluding carboxylic acids is 2. The van der Waals surface area contributed by atoms with Crippen LogP contribution in [0.4, 0.5) is 28.4 Å². The Labute approximate surface area is 207 Å². The molecule has 3 aliphatic carbocycles. The van der Waals surface area contributed by atoms with Crippen LogP contribution in [0.3, 0.4) is 0 Å². The van der Waals surface area contributed by atoms with Crippen molar-refractivity contribution < 1.29 is 27.2 Å². The lowest BCUT2D eigenvalue weighted by molar-refractivity contribution is -0.141. The SMILES string of the molecule is Cn1nc(C(F)(F)F)cc1N=C=N[C@H]1CCc2sc(NC(=O)[C@@H]3C[C@@H]3F)c(C(=O)NCC3CC3)c2C1. The van der Waals surface area contributed by atoms with Crippen molar-refractivity contribution in [1.29, 1.82) is 0 Å². The third-order valence-corrected chi connectivity index (χ3v) is 7.75. The molecule has 0 spiro atoms. The second-order valence-electron chi connectivity index (χ2n) is 9.46. The summed E-state index contributed by atoms with van der Waals surface area (Å²) in [4.78, 5) is 34.6. The van der Waals surface area contributed by atoms with Gasteiger partial charge in [0.1, 0.15) is 11.2 Å². The zero-order valence-corrected chi connectivity index (χ0v) is 20.2. The Bertz CT molecular complexity index is 1260. The first kappa shape index (κ1) is 24.6. The van der Waals surface area contributed by atoms with Gasteiger partial charge in [-0.2, -0.15) is 23.3 Å². The molecule has 36 heavy (non-hydrogen) atoms. The fraction of sp³-hybridized carbons (Fsp3) is 0.565. The van der Waals surface area contributed by atoms with Gasteiger partial charge in [0.15, 0.2) is 11.5 Å². The molecule has 3 aliphatic rings. The number of fused-ring (bicyclic) bond motifs is 1. The van der Waals surface area contributed by atoms with Gasteiger partial charge in [0, 0.05) is 24.5 Å². The molecule has 13 heteroatoms. The predicted molar refractivity (Wildman–Crippen MR) is 125 cm³/mol. The second kappa shape index (κ2) is 9.44. The molecule has 192 valence electrons. The van der Waals surface area contributed by atoms with Gasteiger partial charge in [-0.05, 0) is 50.0 Å². The number of carbonyl (C=O) groups is 2. The number of anilines is 1. The van der Waals surface area contributed by atoms with Gasteiger partial charge in [-0.1, -0.05) is 0 Å². The molecule has 2 aromatic rings. The van der Waals surface area contributed by atoms with E-state index < -0.39 is 29.9 Å². The molecule has 5 rings (SSSR count). The highest BCUT2D eigenvalue weighted by Crippen LogP contribution is 2.41. The molecule has 0 unspecified atom stereocenters. The number of thiophene rings is 1. The minimum Gasteiger partial charge on any atom is -0.352 e. The Hall–Kier alpha value is -3.05. The number of halogens is 4. The first-order valence-electron chi connectivity index (χ1n) is 11.7. The quantitative estimate of drug-likeness (QED) is 0.417. The average Bonchev–Trinajstić information content (AvgIpc) is 3.71. The second-order valence-corrected chi connectivity index (χ2v) is 10.6. The predicted octanol–water partition coefficient (Wildman–Crippen LogP) is 4.30. The summed E-state index contributed by atoms with van der Waals surface area (Å²) in [6.45, 7) is 0.560. The van der Waals surface area contributed by atoms with Gasteiger partial charge in [-0.15, -0.1) is 11.3 Å². The number of hydrogen-bond donors (Lipinski definition) is 2. The smallest absolute Gasteiger partial charge is 0.352 e. The monoisotopic (exact) mass is 524 g/mol. The van der Waals surface area contributed by atoms with Crippen LogP contribution in [0.15, 0.2) is 16.1 Å². The maximum Gasteiger partial charge on any atom is 0.435 e. The van der Waals surface area contributed by atoms with Gasteiger partial charge in [-0.3, -0.25) is 9.59 Å². The summed E-state index contributed by atoms with van der Waals surface area (Å²) < 4.78 is 52.9. The van der Waals surface area contributed by atoms with Crippen molar-refractivity contribution in [2.24, 2.45) is 28.9 Å². The van der Waals surface area contributed by atoms with Crippen molar-refractivity contribution in [3.63, 3.8) is 0 Å². The van der Waals surface area contributed by atoms with Crippen LogP contribution in [0.2, 0.25) is 0 Å². The third kappa shape index (κ3) is 5.36. The first-order chi connectivity index (χ1) is 17.1. The van der Waals surface area contributed by atoms with Crippen LogP contribution >= 0.6 is 11.3 Å². The fourth-order valence-electron chi connectivity index (χ4n) is 4.15. The van der Waals surface area contributed by atoms with Crippen LogP contribution < -0.4 is 10.6 Å². The fourth-order valence-corrected chi connectivity index (χ4v) is 5.40. The molecule has 2 saturated carbocycles. The van der Waals surface area contributed by atoms with E-state index in [4.69, 9.17) is 0 Å². The molecule has 0 radical (unpaired) electrons. The Morgan fingerprint density at radius 1 is 1.31 bits per heavy atom. The van der Waals surface area contributed by atoms with Crippen molar-refractivity contribution in [2.45, 2.75) is 56.9 Å². The number of aromatic nitrogens is 2. The van der Waals surface area contributed by atoms with Gasteiger partial charge in [0.2, 0.25) is 5.91 Å². The Balaban J connectivity index is 1.35. The molecule has 2 fully saturated rings. The van der Waals surface area contributed by atoms with Crippen LogP contribution in [-0.2, 0) is 30.9 Å². The maximum atomic E-state index is 13.4. The lowest BCUT2D eigenvalue weighted by atomic mass is 9.91. The van der Waals surface area contributed by atoms with Gasteiger partial charge < -0.3 is 10.6 Å². The molecule has 0 aliphatic heterocycles. The Morgan fingerprint density at radius 3 is 2.69 bits per heavy atom. The van der Waals surface area contributed by atoms with Gasteiger partial charge in [0.25, 0.3) is 5.91 Å². The molecular formula is C23H24F4N6O2S. The minimum atomic E-state index is -4.57. The average molecular weight is 525 g/mol. The molecule has 8 nitrogen and oxygen atoms in total. The third-order valence-electron chi connectivity index (χ3n) is 6.55. The molecule has 0 aromatic carbocycles. The molecule has 0 saturated heterocycles. The summed E-state index contributed by atoms with van der Waals surface area (Å²) in [5.74, 6) is -0.943. The van der Waals surface area contributed by atoms with E-state index in [1.165, 1.54) is 18.4 Å². The number of rotatable bonds is 7. The van der Waals surface area contributed by atoms with E-state index >= 15 is 0 Å². The molecule has 2 aromatic heterocycles. The number of amides is 2. The molecule has 2 N–H and O–H groups in total. The highest BCUT2D eigenvalue weighted by atomic mass is 32.1. The van der Waals surface area contributed by atoms with E-state index in [1.807, 2.05) is 0 Å². The van der Waals surface area contributed by atoms with Gasteiger partial charge in [-0.25, -0.2) is 14.1 Å². The van der Waals surface area contributed by atoms with Crippen LogP contribution in [0.1, 0.15) is 52.2 Å². The largest absolute Gasteiger partial charge is 0.435 e. The molecule has 0 bridgehead atoms. The van der Waals surface area contributed by atoms with E-state index in [0.717, 1.165) is 34.0 Å². The number of nitrogens with zero attached hydrogens (tertiary/aromatic N) is 4. The Morgan fingerprint density at radius 2 is 2.06 bits per heavy atom. The summed E-state index contributed by atoms with van der Waals surface area (Å²) >= 11 is 1.33. The molecule has 3 atom stereocenters. The number of aryl methyl sites for hydroxylation is 2. The summed E-state index contributed by atoms with van der Waals surface area (Å²) in [6, 6.07) is 3.02. The van der Waals surface area contributed by atoms with Crippen LogP contribution in [0.25, 0.3) is 0 Å². The van der Waals surface area contributed by atoms with Crippen LogP contribution in [-0.4, -0.2) is 46.4 Å². The lowest BCUT2D eigenvalue weighted by Crippen LogP contribution is -2.28. The van der Waals surface area contributed by atoms with Crippen molar-refractivity contribution in [3.05, 3.63) is 27.8 Å². The van der Waals surface area contributed by atoms with Gasteiger partial charge in [0.05, 0.1) is 23.5 Å². The number of nitrogens with one attached hydrogen (secondary N) is 2. The zero-order valence-electron chi connectivity index (χ0n) is 19.4.